The number of hydrogen-bond acceptors (Lipinski definition) is 5. The van der Waals surface area contributed by atoms with E-state index in [0.717, 1.165) is 0 Å². The molecule has 0 fully saturated rings. The molecule has 0 unspecified atom stereocenters. The van der Waals surface area contributed by atoms with Gasteiger partial charge in [0.05, 0.1) is 9.95 Å². The molecule has 0 atom stereocenters. The van der Waals surface area contributed by atoms with E-state index >= 15 is 0 Å². The van der Waals surface area contributed by atoms with Crippen LogP contribution in [0.1, 0.15) is 5.56 Å². The third-order valence-electron chi connectivity index (χ3n) is 2.32. The van der Waals surface area contributed by atoms with Crippen molar-refractivity contribution in [1.82, 2.24) is 9.97 Å². The maximum Gasteiger partial charge on any atom is 0.313 e. The van der Waals surface area contributed by atoms with Crippen LogP contribution in [0.15, 0.2) is 24.5 Å². The molecule has 0 aliphatic rings. The van der Waals surface area contributed by atoms with Gasteiger partial charge in [-0.05, 0) is 13.0 Å². The van der Waals surface area contributed by atoms with Gasteiger partial charge in [-0.1, -0.05) is 29.3 Å². The molecule has 1 aromatic heterocycles. The van der Waals surface area contributed by atoms with E-state index in [1.807, 2.05) is 0 Å². The molecule has 0 saturated carbocycles. The summed E-state index contributed by atoms with van der Waals surface area (Å²) in [5.41, 5.74) is 0.222. The number of rotatable bonds is 3. The molecule has 0 saturated heterocycles. The third kappa shape index (κ3) is 2.74. The van der Waals surface area contributed by atoms with Crippen LogP contribution in [0.4, 0.5) is 5.69 Å². The van der Waals surface area contributed by atoms with Crippen LogP contribution in [0.2, 0.25) is 10.2 Å². The Morgan fingerprint density at radius 2 is 2.05 bits per heavy atom. The normalized spacial score (nSPS) is 10.3. The molecule has 19 heavy (non-hydrogen) atoms. The Morgan fingerprint density at radius 1 is 1.32 bits per heavy atom. The molecule has 8 heteroatoms. The summed E-state index contributed by atoms with van der Waals surface area (Å²) in [7, 11) is 0. The van der Waals surface area contributed by atoms with Crippen molar-refractivity contribution in [3.8, 4) is 11.6 Å². The fraction of sp³-hybridized carbons (Fsp3) is 0.0909. The van der Waals surface area contributed by atoms with Gasteiger partial charge in [-0.15, -0.1) is 0 Å². The van der Waals surface area contributed by atoms with Gasteiger partial charge in [-0.3, -0.25) is 10.1 Å². The van der Waals surface area contributed by atoms with Crippen molar-refractivity contribution in [2.75, 3.05) is 0 Å². The fourth-order valence-corrected chi connectivity index (χ4v) is 1.69. The summed E-state index contributed by atoms with van der Waals surface area (Å²) in [6.45, 7) is 1.64. The Kier molecular flexibility index (Phi) is 3.82. The summed E-state index contributed by atoms with van der Waals surface area (Å²) in [6, 6.07) is 4.24. The molecule has 98 valence electrons. The SMILES string of the molecule is Cc1c(Cl)ncnc1Oc1c(Cl)cccc1[N+](=O)[O-]. The summed E-state index contributed by atoms with van der Waals surface area (Å²) in [5, 5.41) is 11.2. The number of ether oxygens (including phenoxy) is 1. The highest BCUT2D eigenvalue weighted by atomic mass is 35.5. The molecule has 0 N–H and O–H groups in total. The minimum absolute atomic E-state index is 0.0768. The summed E-state index contributed by atoms with van der Waals surface area (Å²) < 4.78 is 5.40. The molecule has 0 radical (unpaired) electrons. The number of nitro groups is 1. The van der Waals surface area contributed by atoms with Crippen LogP contribution in [0.5, 0.6) is 11.6 Å². The van der Waals surface area contributed by atoms with Crippen LogP contribution in [0, 0.1) is 17.0 Å². The number of halogens is 2. The van der Waals surface area contributed by atoms with Gasteiger partial charge in [0.25, 0.3) is 0 Å². The number of para-hydroxylation sites is 1. The third-order valence-corrected chi connectivity index (χ3v) is 3.00. The molecule has 0 aliphatic carbocycles. The van der Waals surface area contributed by atoms with Crippen LogP contribution in [-0.2, 0) is 0 Å². The Labute approximate surface area is 118 Å². The van der Waals surface area contributed by atoms with Gasteiger partial charge < -0.3 is 4.74 Å². The van der Waals surface area contributed by atoms with Crippen molar-refractivity contribution >= 4 is 28.9 Å². The van der Waals surface area contributed by atoms with E-state index in [9.17, 15) is 10.1 Å². The number of nitro benzene ring substituents is 1. The van der Waals surface area contributed by atoms with E-state index in [1.54, 1.807) is 6.92 Å². The summed E-state index contributed by atoms with van der Waals surface area (Å²) in [4.78, 5) is 18.0. The van der Waals surface area contributed by atoms with Gasteiger partial charge >= 0.3 is 5.69 Å². The zero-order chi connectivity index (χ0) is 14.0. The molecular formula is C11H7Cl2N3O3. The van der Waals surface area contributed by atoms with E-state index in [0.29, 0.717) is 5.56 Å². The molecule has 0 aliphatic heterocycles. The van der Waals surface area contributed by atoms with Gasteiger partial charge in [0.1, 0.15) is 11.5 Å². The number of aromatic nitrogens is 2. The summed E-state index contributed by atoms with van der Waals surface area (Å²) in [5.74, 6) is 0.0447. The Bertz CT molecular complexity index is 649. The first kappa shape index (κ1) is 13.5. The lowest BCUT2D eigenvalue weighted by Gasteiger charge is -2.09. The minimum Gasteiger partial charge on any atom is -0.430 e. The summed E-state index contributed by atoms with van der Waals surface area (Å²) in [6.07, 6.45) is 1.20. The second-order valence-electron chi connectivity index (χ2n) is 3.54. The average Bonchev–Trinajstić information content (AvgIpc) is 2.36. The molecule has 1 heterocycles. The molecule has 2 rings (SSSR count). The van der Waals surface area contributed by atoms with E-state index in [2.05, 4.69) is 9.97 Å². The van der Waals surface area contributed by atoms with Gasteiger partial charge in [0.2, 0.25) is 11.6 Å². The van der Waals surface area contributed by atoms with Crippen LogP contribution in [-0.4, -0.2) is 14.9 Å². The molecule has 0 bridgehead atoms. The van der Waals surface area contributed by atoms with Crippen molar-refractivity contribution in [1.29, 1.82) is 0 Å². The average molecular weight is 300 g/mol. The molecule has 2 aromatic rings. The van der Waals surface area contributed by atoms with Gasteiger partial charge in [-0.25, -0.2) is 9.97 Å². The van der Waals surface area contributed by atoms with E-state index in [1.165, 1.54) is 24.5 Å². The van der Waals surface area contributed by atoms with Crippen LogP contribution < -0.4 is 4.74 Å². The van der Waals surface area contributed by atoms with E-state index in [-0.39, 0.29) is 27.5 Å². The standard InChI is InChI=1S/C11H7Cl2N3O3/c1-6-10(13)14-5-15-11(6)19-9-7(12)3-2-4-8(9)16(17)18/h2-5H,1H3. The first-order valence-electron chi connectivity index (χ1n) is 5.08. The van der Waals surface area contributed by atoms with E-state index in [4.69, 9.17) is 27.9 Å². The lowest BCUT2D eigenvalue weighted by Crippen LogP contribution is -1.98. The summed E-state index contributed by atoms with van der Waals surface area (Å²) >= 11 is 11.7. The van der Waals surface area contributed by atoms with E-state index < -0.39 is 4.92 Å². The van der Waals surface area contributed by atoms with Crippen molar-refractivity contribution in [3.63, 3.8) is 0 Å². The Hall–Kier alpha value is -1.92. The smallest absolute Gasteiger partial charge is 0.313 e. The number of benzene rings is 1. The first-order chi connectivity index (χ1) is 9.00. The molecule has 1 aromatic carbocycles. The predicted molar refractivity (Wildman–Crippen MR) is 70.0 cm³/mol. The Morgan fingerprint density at radius 3 is 2.74 bits per heavy atom. The minimum atomic E-state index is -0.584. The van der Waals surface area contributed by atoms with Crippen molar-refractivity contribution in [2.45, 2.75) is 6.92 Å². The highest BCUT2D eigenvalue weighted by molar-refractivity contribution is 6.32. The quantitative estimate of drug-likeness (QED) is 0.489. The lowest BCUT2D eigenvalue weighted by molar-refractivity contribution is -0.385. The maximum absolute atomic E-state index is 10.9. The topological polar surface area (TPSA) is 78.2 Å². The highest BCUT2D eigenvalue weighted by Gasteiger charge is 2.20. The van der Waals surface area contributed by atoms with Gasteiger partial charge in [0, 0.05) is 11.6 Å². The molecular weight excluding hydrogens is 293 g/mol. The van der Waals surface area contributed by atoms with Crippen LogP contribution in [0.25, 0.3) is 0 Å². The van der Waals surface area contributed by atoms with Crippen LogP contribution in [0.3, 0.4) is 0 Å². The van der Waals surface area contributed by atoms with Crippen molar-refractivity contribution < 1.29 is 9.66 Å². The van der Waals surface area contributed by atoms with Crippen molar-refractivity contribution in [3.05, 3.63) is 50.4 Å². The zero-order valence-corrected chi connectivity index (χ0v) is 11.1. The predicted octanol–water partition coefficient (Wildman–Crippen LogP) is 3.79. The highest BCUT2D eigenvalue weighted by Crippen LogP contribution is 2.38. The monoisotopic (exact) mass is 299 g/mol. The Balaban J connectivity index is 2.49. The molecule has 6 nitrogen and oxygen atoms in total. The second-order valence-corrected chi connectivity index (χ2v) is 4.31. The molecule has 0 amide bonds. The van der Waals surface area contributed by atoms with Gasteiger partial charge in [-0.2, -0.15) is 0 Å². The zero-order valence-electron chi connectivity index (χ0n) is 9.63. The maximum atomic E-state index is 10.9. The fourth-order valence-electron chi connectivity index (χ4n) is 1.36. The number of hydrogen-bond donors (Lipinski definition) is 0. The second kappa shape index (κ2) is 5.38. The molecule has 0 spiro atoms. The lowest BCUT2D eigenvalue weighted by atomic mass is 10.3. The van der Waals surface area contributed by atoms with Gasteiger partial charge in [0.15, 0.2) is 0 Å². The number of nitrogens with zero attached hydrogens (tertiary/aromatic N) is 3. The largest absolute Gasteiger partial charge is 0.430 e. The van der Waals surface area contributed by atoms with Crippen LogP contribution >= 0.6 is 23.2 Å². The van der Waals surface area contributed by atoms with Crippen molar-refractivity contribution in [2.24, 2.45) is 0 Å². The first-order valence-corrected chi connectivity index (χ1v) is 5.84.